The van der Waals surface area contributed by atoms with Crippen molar-refractivity contribution >= 4 is 23.1 Å². The van der Waals surface area contributed by atoms with Crippen molar-refractivity contribution in [2.75, 3.05) is 0 Å². The van der Waals surface area contributed by atoms with Crippen LogP contribution in [0.15, 0.2) is 0 Å². The zero-order chi connectivity index (χ0) is 11.6. The van der Waals surface area contributed by atoms with Gasteiger partial charge in [-0.2, -0.15) is 0 Å². The summed E-state index contributed by atoms with van der Waals surface area (Å²) in [6.07, 6.45) is 3.40. The minimum atomic E-state index is -0.364. The molecule has 3 nitrogen and oxygen atoms in total. The number of hydrogen-bond donors (Lipinski definition) is 2. The summed E-state index contributed by atoms with van der Waals surface area (Å²) in [5.41, 5.74) is 5.65. The molecule has 0 aromatic carbocycles. The Labute approximate surface area is 96.8 Å². The van der Waals surface area contributed by atoms with Gasteiger partial charge in [0, 0.05) is 6.04 Å². The SMILES string of the molecule is CC(C(=O)NC1CCCC1(C)C)C(N)=S. The van der Waals surface area contributed by atoms with E-state index in [1.54, 1.807) is 6.92 Å². The van der Waals surface area contributed by atoms with E-state index >= 15 is 0 Å². The minimum Gasteiger partial charge on any atom is -0.393 e. The Morgan fingerprint density at radius 2 is 2.20 bits per heavy atom. The van der Waals surface area contributed by atoms with E-state index in [0.717, 1.165) is 6.42 Å². The van der Waals surface area contributed by atoms with Crippen molar-refractivity contribution in [1.82, 2.24) is 5.32 Å². The molecule has 1 aliphatic carbocycles. The smallest absolute Gasteiger partial charge is 0.229 e. The molecule has 0 aliphatic heterocycles. The molecule has 0 bridgehead atoms. The molecule has 1 aliphatic rings. The summed E-state index contributed by atoms with van der Waals surface area (Å²) in [7, 11) is 0. The van der Waals surface area contributed by atoms with Gasteiger partial charge in [0.15, 0.2) is 0 Å². The highest BCUT2D eigenvalue weighted by molar-refractivity contribution is 7.80. The summed E-state index contributed by atoms with van der Waals surface area (Å²) in [6, 6.07) is 0.266. The third kappa shape index (κ3) is 2.91. The normalized spacial score (nSPS) is 25.9. The summed E-state index contributed by atoms with van der Waals surface area (Å²) in [6.45, 7) is 6.13. The van der Waals surface area contributed by atoms with Crippen LogP contribution in [0.25, 0.3) is 0 Å². The Kier molecular flexibility index (Phi) is 3.71. The summed E-state index contributed by atoms with van der Waals surface area (Å²) >= 11 is 4.81. The Balaban J connectivity index is 2.55. The van der Waals surface area contributed by atoms with Crippen LogP contribution in [0.1, 0.15) is 40.0 Å². The summed E-state index contributed by atoms with van der Waals surface area (Å²) in [5, 5.41) is 3.04. The van der Waals surface area contributed by atoms with Gasteiger partial charge in [-0.15, -0.1) is 0 Å². The quantitative estimate of drug-likeness (QED) is 0.721. The van der Waals surface area contributed by atoms with Gasteiger partial charge in [0.2, 0.25) is 5.91 Å². The molecule has 0 saturated heterocycles. The lowest BCUT2D eigenvalue weighted by Gasteiger charge is -2.28. The number of rotatable bonds is 3. The average Bonchev–Trinajstić information content (AvgIpc) is 2.44. The van der Waals surface area contributed by atoms with E-state index in [1.165, 1.54) is 12.8 Å². The van der Waals surface area contributed by atoms with E-state index in [4.69, 9.17) is 18.0 Å². The molecule has 1 saturated carbocycles. The number of nitrogens with two attached hydrogens (primary N) is 1. The Morgan fingerprint density at radius 3 is 2.60 bits per heavy atom. The van der Waals surface area contributed by atoms with Crippen LogP contribution in [-0.4, -0.2) is 16.9 Å². The fraction of sp³-hybridized carbons (Fsp3) is 0.818. The number of carbonyl (C=O) groups excluding carboxylic acids is 1. The van der Waals surface area contributed by atoms with Crippen LogP contribution in [0.4, 0.5) is 0 Å². The monoisotopic (exact) mass is 228 g/mol. The molecule has 1 amide bonds. The molecule has 15 heavy (non-hydrogen) atoms. The van der Waals surface area contributed by atoms with Crippen molar-refractivity contribution < 1.29 is 4.79 Å². The van der Waals surface area contributed by atoms with Gasteiger partial charge in [0.25, 0.3) is 0 Å². The van der Waals surface area contributed by atoms with E-state index in [1.807, 2.05) is 0 Å². The van der Waals surface area contributed by atoms with Crippen LogP contribution < -0.4 is 11.1 Å². The number of thiocarbonyl (C=S) groups is 1. The highest BCUT2D eigenvalue weighted by Crippen LogP contribution is 2.37. The molecule has 0 spiro atoms. The first-order valence-corrected chi connectivity index (χ1v) is 5.85. The predicted molar refractivity (Wildman–Crippen MR) is 65.5 cm³/mol. The minimum absolute atomic E-state index is 0.0394. The lowest BCUT2D eigenvalue weighted by molar-refractivity contribution is -0.123. The standard InChI is InChI=1S/C11H20N2OS/c1-7(9(12)15)10(14)13-8-5-4-6-11(8,2)3/h7-8H,4-6H2,1-3H3,(H2,12,15)(H,13,14). The maximum atomic E-state index is 11.7. The van der Waals surface area contributed by atoms with Gasteiger partial charge in [-0.25, -0.2) is 0 Å². The molecule has 86 valence electrons. The largest absolute Gasteiger partial charge is 0.393 e. The van der Waals surface area contributed by atoms with Crippen molar-refractivity contribution in [2.24, 2.45) is 17.1 Å². The third-order valence-corrected chi connectivity index (χ3v) is 3.75. The van der Waals surface area contributed by atoms with E-state index in [0.29, 0.717) is 0 Å². The lowest BCUT2D eigenvalue weighted by Crippen LogP contribution is -2.46. The number of carbonyl (C=O) groups is 1. The van der Waals surface area contributed by atoms with Crippen molar-refractivity contribution in [3.63, 3.8) is 0 Å². The van der Waals surface area contributed by atoms with Gasteiger partial charge >= 0.3 is 0 Å². The summed E-state index contributed by atoms with van der Waals surface area (Å²) in [5.74, 6) is -0.404. The highest BCUT2D eigenvalue weighted by atomic mass is 32.1. The molecule has 0 heterocycles. The zero-order valence-electron chi connectivity index (χ0n) is 9.67. The molecule has 0 aromatic rings. The van der Waals surface area contributed by atoms with Crippen molar-refractivity contribution in [3.8, 4) is 0 Å². The van der Waals surface area contributed by atoms with Gasteiger partial charge in [0.05, 0.1) is 10.9 Å². The molecule has 2 atom stereocenters. The van der Waals surface area contributed by atoms with Crippen LogP contribution in [0.5, 0.6) is 0 Å². The van der Waals surface area contributed by atoms with E-state index in [2.05, 4.69) is 19.2 Å². The molecule has 3 N–H and O–H groups in total. The Morgan fingerprint density at radius 1 is 1.60 bits per heavy atom. The fourth-order valence-corrected chi connectivity index (χ4v) is 2.13. The maximum Gasteiger partial charge on any atom is 0.229 e. The van der Waals surface area contributed by atoms with Gasteiger partial charge in [-0.3, -0.25) is 4.79 Å². The van der Waals surface area contributed by atoms with E-state index in [-0.39, 0.29) is 28.3 Å². The highest BCUT2D eigenvalue weighted by Gasteiger charge is 2.36. The van der Waals surface area contributed by atoms with Gasteiger partial charge in [0.1, 0.15) is 0 Å². The first kappa shape index (κ1) is 12.4. The second kappa shape index (κ2) is 4.47. The zero-order valence-corrected chi connectivity index (χ0v) is 10.5. The molecule has 1 fully saturated rings. The molecule has 1 rings (SSSR count). The number of hydrogen-bond acceptors (Lipinski definition) is 2. The van der Waals surface area contributed by atoms with Crippen LogP contribution in [-0.2, 0) is 4.79 Å². The molecular weight excluding hydrogens is 208 g/mol. The summed E-state index contributed by atoms with van der Waals surface area (Å²) in [4.78, 5) is 12.0. The van der Waals surface area contributed by atoms with Crippen LogP contribution in [0, 0.1) is 11.3 Å². The van der Waals surface area contributed by atoms with E-state index in [9.17, 15) is 4.79 Å². The van der Waals surface area contributed by atoms with Gasteiger partial charge in [-0.05, 0) is 25.2 Å². The topological polar surface area (TPSA) is 55.1 Å². The molecule has 0 radical (unpaired) electrons. The second-order valence-corrected chi connectivity index (χ2v) is 5.54. The second-order valence-electron chi connectivity index (χ2n) is 5.07. The van der Waals surface area contributed by atoms with Crippen molar-refractivity contribution in [1.29, 1.82) is 0 Å². The first-order chi connectivity index (χ1) is 6.84. The van der Waals surface area contributed by atoms with Gasteiger partial charge in [-0.1, -0.05) is 32.5 Å². The van der Waals surface area contributed by atoms with Crippen LogP contribution in [0.2, 0.25) is 0 Å². The Hall–Kier alpha value is -0.640. The molecule has 2 unspecified atom stereocenters. The van der Waals surface area contributed by atoms with Crippen molar-refractivity contribution in [3.05, 3.63) is 0 Å². The van der Waals surface area contributed by atoms with Crippen LogP contribution in [0.3, 0.4) is 0 Å². The summed E-state index contributed by atoms with van der Waals surface area (Å²) < 4.78 is 0. The number of nitrogens with one attached hydrogen (secondary N) is 1. The van der Waals surface area contributed by atoms with E-state index < -0.39 is 0 Å². The molecule has 4 heteroatoms. The third-order valence-electron chi connectivity index (χ3n) is 3.39. The Bertz CT molecular complexity index is 276. The predicted octanol–water partition coefficient (Wildman–Crippen LogP) is 1.60. The first-order valence-electron chi connectivity index (χ1n) is 5.44. The fourth-order valence-electron chi connectivity index (χ4n) is 2.02. The van der Waals surface area contributed by atoms with Crippen molar-refractivity contribution in [2.45, 2.75) is 46.1 Å². The number of amides is 1. The van der Waals surface area contributed by atoms with Gasteiger partial charge < -0.3 is 11.1 Å². The lowest BCUT2D eigenvalue weighted by atomic mass is 9.87. The molecule has 0 aromatic heterocycles. The maximum absolute atomic E-state index is 11.7. The van der Waals surface area contributed by atoms with Crippen LogP contribution >= 0.6 is 12.2 Å². The molecular formula is C11H20N2OS. The average molecular weight is 228 g/mol.